The lowest BCUT2D eigenvalue weighted by Gasteiger charge is -2.23. The van der Waals surface area contributed by atoms with Crippen molar-refractivity contribution in [1.82, 2.24) is 0 Å². The van der Waals surface area contributed by atoms with Gasteiger partial charge in [-0.25, -0.2) is 0 Å². The molecule has 3 aromatic rings. The Bertz CT molecular complexity index is 906. The zero-order chi connectivity index (χ0) is 17.2. The first-order chi connectivity index (χ1) is 12.2. The number of anilines is 1. The second-order valence-corrected chi connectivity index (χ2v) is 6.72. The van der Waals surface area contributed by atoms with Crippen LogP contribution in [-0.2, 0) is 0 Å². The molecule has 1 aliphatic rings. The predicted molar refractivity (Wildman–Crippen MR) is 100 cm³/mol. The van der Waals surface area contributed by atoms with Gasteiger partial charge >= 0.3 is 0 Å². The van der Waals surface area contributed by atoms with Crippen LogP contribution in [0.25, 0.3) is 0 Å². The number of para-hydroxylation sites is 1. The van der Waals surface area contributed by atoms with Gasteiger partial charge in [0.1, 0.15) is 0 Å². The topological polar surface area (TPSA) is 58.7 Å². The normalized spacial score (nSPS) is 16.7. The van der Waals surface area contributed by atoms with E-state index in [1.54, 1.807) is 23.5 Å². The molecule has 6 heteroatoms. The number of rotatable bonds is 4. The number of nitrogens with zero attached hydrogens (tertiary/aromatic N) is 3. The van der Waals surface area contributed by atoms with Crippen molar-refractivity contribution in [3.63, 3.8) is 0 Å². The molecule has 0 saturated carbocycles. The van der Waals surface area contributed by atoms with Gasteiger partial charge in [-0.1, -0.05) is 36.4 Å². The molecule has 0 unspecified atom stereocenters. The molecule has 2 aromatic carbocycles. The van der Waals surface area contributed by atoms with E-state index in [-0.39, 0.29) is 16.7 Å². The molecule has 0 bridgehead atoms. The molecule has 1 aliphatic heterocycles. The highest BCUT2D eigenvalue weighted by Gasteiger charge is 2.30. The van der Waals surface area contributed by atoms with Gasteiger partial charge < -0.3 is 0 Å². The molecule has 0 amide bonds. The second kappa shape index (κ2) is 6.49. The summed E-state index contributed by atoms with van der Waals surface area (Å²) >= 11 is 1.67. The van der Waals surface area contributed by atoms with Crippen molar-refractivity contribution in [3.05, 3.63) is 92.7 Å². The molecule has 0 N–H and O–H groups in total. The van der Waals surface area contributed by atoms with Crippen LogP contribution in [0.4, 0.5) is 11.4 Å². The molecule has 1 aromatic heterocycles. The molecule has 0 spiro atoms. The Kier molecular flexibility index (Phi) is 4.03. The standard InChI is InChI=1S/C19H15N3O2S/c23-22(24)16-10-8-14(9-11-16)18-13-17(19-7-4-12-25-19)20-21(18)15-5-2-1-3-6-15/h1-12,18H,13H2/t18-/m1/s1. The van der Waals surface area contributed by atoms with Gasteiger partial charge in [-0.05, 0) is 29.1 Å². The Morgan fingerprint density at radius 3 is 2.44 bits per heavy atom. The van der Waals surface area contributed by atoms with Crippen LogP contribution in [0.3, 0.4) is 0 Å². The molecule has 2 heterocycles. The lowest BCUT2D eigenvalue weighted by Crippen LogP contribution is -2.18. The maximum absolute atomic E-state index is 10.9. The van der Waals surface area contributed by atoms with Gasteiger partial charge in [0.2, 0.25) is 0 Å². The smallest absolute Gasteiger partial charge is 0.258 e. The number of hydrazone groups is 1. The van der Waals surface area contributed by atoms with Crippen LogP contribution in [0, 0.1) is 10.1 Å². The molecule has 0 radical (unpaired) electrons. The van der Waals surface area contributed by atoms with E-state index in [9.17, 15) is 10.1 Å². The van der Waals surface area contributed by atoms with Crippen LogP contribution in [0.5, 0.6) is 0 Å². The number of nitro benzene ring substituents is 1. The summed E-state index contributed by atoms with van der Waals surface area (Å²) < 4.78 is 0. The van der Waals surface area contributed by atoms with Crippen molar-refractivity contribution in [3.8, 4) is 0 Å². The predicted octanol–water partition coefficient (Wildman–Crippen LogP) is 5.01. The zero-order valence-electron chi connectivity index (χ0n) is 13.3. The van der Waals surface area contributed by atoms with Gasteiger partial charge in [0, 0.05) is 18.6 Å². The molecule has 4 rings (SSSR count). The van der Waals surface area contributed by atoms with Gasteiger partial charge in [-0.3, -0.25) is 15.1 Å². The maximum Gasteiger partial charge on any atom is 0.269 e. The van der Waals surface area contributed by atoms with Crippen LogP contribution in [0.15, 0.2) is 77.2 Å². The Labute approximate surface area is 149 Å². The van der Waals surface area contributed by atoms with Crippen LogP contribution in [0.2, 0.25) is 0 Å². The van der Waals surface area contributed by atoms with Crippen molar-refractivity contribution in [2.45, 2.75) is 12.5 Å². The highest BCUT2D eigenvalue weighted by atomic mass is 32.1. The third-order valence-corrected chi connectivity index (χ3v) is 5.14. The van der Waals surface area contributed by atoms with Gasteiger partial charge in [-0.15, -0.1) is 11.3 Å². The number of benzene rings is 2. The number of thiophene rings is 1. The fourth-order valence-electron chi connectivity index (χ4n) is 3.00. The van der Waals surface area contributed by atoms with Crippen molar-refractivity contribution < 1.29 is 4.92 Å². The monoisotopic (exact) mass is 349 g/mol. The number of nitro groups is 1. The first-order valence-electron chi connectivity index (χ1n) is 7.92. The van der Waals surface area contributed by atoms with Gasteiger partial charge in [-0.2, -0.15) is 5.10 Å². The van der Waals surface area contributed by atoms with E-state index in [2.05, 4.69) is 6.07 Å². The second-order valence-electron chi connectivity index (χ2n) is 5.77. The first kappa shape index (κ1) is 15.5. The Morgan fingerprint density at radius 2 is 1.80 bits per heavy atom. The molecular weight excluding hydrogens is 334 g/mol. The van der Waals surface area contributed by atoms with Crippen LogP contribution >= 0.6 is 11.3 Å². The van der Waals surface area contributed by atoms with Crippen LogP contribution < -0.4 is 5.01 Å². The van der Waals surface area contributed by atoms with Crippen molar-refractivity contribution in [2.24, 2.45) is 5.10 Å². The van der Waals surface area contributed by atoms with Crippen molar-refractivity contribution >= 4 is 28.4 Å². The van der Waals surface area contributed by atoms with Gasteiger partial charge in [0.25, 0.3) is 5.69 Å². The third-order valence-electron chi connectivity index (χ3n) is 4.23. The largest absolute Gasteiger partial charge is 0.269 e. The summed E-state index contributed by atoms with van der Waals surface area (Å²) in [6, 6.07) is 20.9. The number of hydrogen-bond donors (Lipinski definition) is 0. The minimum atomic E-state index is -0.374. The van der Waals surface area contributed by atoms with E-state index in [4.69, 9.17) is 5.10 Å². The van der Waals surface area contributed by atoms with Crippen LogP contribution in [-0.4, -0.2) is 10.6 Å². The Morgan fingerprint density at radius 1 is 1.04 bits per heavy atom. The van der Waals surface area contributed by atoms with Crippen molar-refractivity contribution in [2.75, 3.05) is 5.01 Å². The summed E-state index contributed by atoms with van der Waals surface area (Å²) in [5, 5.41) is 19.8. The molecule has 0 aliphatic carbocycles. The summed E-state index contributed by atoms with van der Waals surface area (Å²) in [5.74, 6) is 0. The number of hydrogen-bond acceptors (Lipinski definition) is 5. The van der Waals surface area contributed by atoms with E-state index in [1.807, 2.05) is 58.9 Å². The summed E-state index contributed by atoms with van der Waals surface area (Å²) in [4.78, 5) is 11.7. The van der Waals surface area contributed by atoms with E-state index >= 15 is 0 Å². The fourth-order valence-corrected chi connectivity index (χ4v) is 3.72. The highest BCUT2D eigenvalue weighted by molar-refractivity contribution is 7.12. The summed E-state index contributed by atoms with van der Waals surface area (Å²) in [5.41, 5.74) is 3.18. The lowest BCUT2D eigenvalue weighted by atomic mass is 10.0. The van der Waals surface area contributed by atoms with Crippen LogP contribution in [0.1, 0.15) is 22.9 Å². The Hall–Kier alpha value is -2.99. The summed E-state index contributed by atoms with van der Waals surface area (Å²) in [6.45, 7) is 0. The number of non-ortho nitro benzene ring substituents is 1. The minimum absolute atomic E-state index is 0.0281. The van der Waals surface area contributed by atoms with Gasteiger partial charge in [0.15, 0.2) is 0 Å². The van der Waals surface area contributed by atoms with E-state index in [0.717, 1.165) is 28.3 Å². The molecule has 0 saturated heterocycles. The fraction of sp³-hybridized carbons (Fsp3) is 0.105. The van der Waals surface area contributed by atoms with Crippen molar-refractivity contribution in [1.29, 1.82) is 0 Å². The van der Waals surface area contributed by atoms with E-state index in [0.29, 0.717) is 0 Å². The van der Waals surface area contributed by atoms with Gasteiger partial charge in [0.05, 0.1) is 27.2 Å². The Balaban J connectivity index is 1.71. The molecule has 0 fully saturated rings. The van der Waals surface area contributed by atoms with E-state index < -0.39 is 0 Å². The summed E-state index contributed by atoms with van der Waals surface area (Å²) in [7, 11) is 0. The molecule has 124 valence electrons. The zero-order valence-corrected chi connectivity index (χ0v) is 14.1. The molecular formula is C19H15N3O2S. The quantitative estimate of drug-likeness (QED) is 0.491. The molecule has 1 atom stereocenters. The summed E-state index contributed by atoms with van der Waals surface area (Å²) in [6.07, 6.45) is 0.771. The lowest BCUT2D eigenvalue weighted by molar-refractivity contribution is -0.384. The molecule has 5 nitrogen and oxygen atoms in total. The average Bonchev–Trinajstić information content (AvgIpc) is 3.32. The average molecular weight is 349 g/mol. The molecule has 25 heavy (non-hydrogen) atoms. The third kappa shape index (κ3) is 3.04. The minimum Gasteiger partial charge on any atom is -0.258 e. The maximum atomic E-state index is 10.9. The first-order valence-corrected chi connectivity index (χ1v) is 8.80. The highest BCUT2D eigenvalue weighted by Crippen LogP contribution is 2.37. The van der Waals surface area contributed by atoms with E-state index in [1.165, 1.54) is 0 Å². The SMILES string of the molecule is O=[N+]([O-])c1ccc([C@H]2CC(c3cccs3)=NN2c2ccccc2)cc1.